The van der Waals surface area contributed by atoms with Crippen LogP contribution in [0, 0.1) is 5.41 Å². The average molecular weight is 233 g/mol. The van der Waals surface area contributed by atoms with Crippen molar-refractivity contribution in [1.29, 1.82) is 0 Å². The minimum absolute atomic E-state index is 0.0833. The zero-order valence-corrected chi connectivity index (χ0v) is 10.6. The minimum Gasteiger partial charge on any atom is -0.469 e. The molecule has 1 fully saturated rings. The van der Waals surface area contributed by atoms with Crippen molar-refractivity contribution in [2.24, 2.45) is 5.41 Å². The molecule has 0 N–H and O–H groups in total. The summed E-state index contributed by atoms with van der Waals surface area (Å²) in [5.74, 6) is -0.0833. The first-order valence-electron chi connectivity index (χ1n) is 5.91. The van der Waals surface area contributed by atoms with Crippen LogP contribution in [-0.2, 0) is 9.53 Å². The van der Waals surface area contributed by atoms with Gasteiger partial charge in [0.1, 0.15) is 0 Å². The van der Waals surface area contributed by atoms with E-state index in [-0.39, 0.29) is 17.4 Å². The van der Waals surface area contributed by atoms with Crippen molar-refractivity contribution in [3.8, 4) is 0 Å². The number of benzene rings is 1. The van der Waals surface area contributed by atoms with Gasteiger partial charge in [-0.1, -0.05) is 30.3 Å². The first kappa shape index (κ1) is 12.1. The summed E-state index contributed by atoms with van der Waals surface area (Å²) in [6.07, 6.45) is 1.83. The summed E-state index contributed by atoms with van der Waals surface area (Å²) in [4.78, 5) is 14.1. The molecule has 1 aliphatic carbocycles. The number of rotatable bonds is 4. The van der Waals surface area contributed by atoms with Crippen LogP contribution in [-0.4, -0.2) is 32.1 Å². The number of carbonyl (C=O) groups is 1. The fourth-order valence-corrected chi connectivity index (χ4v) is 2.67. The summed E-state index contributed by atoms with van der Waals surface area (Å²) in [6, 6.07) is 10.3. The Morgan fingerprint density at radius 1 is 1.29 bits per heavy atom. The maximum atomic E-state index is 12.0. The average Bonchev–Trinajstić information content (AvgIpc) is 3.10. The van der Waals surface area contributed by atoms with Crippen LogP contribution in [0.25, 0.3) is 0 Å². The molecule has 0 saturated heterocycles. The van der Waals surface area contributed by atoms with Crippen molar-refractivity contribution in [2.45, 2.75) is 18.9 Å². The Morgan fingerprint density at radius 2 is 1.88 bits per heavy atom. The Morgan fingerprint density at radius 3 is 2.29 bits per heavy atom. The fraction of sp³-hybridized carbons (Fsp3) is 0.500. The Bertz CT molecular complexity index is 396. The van der Waals surface area contributed by atoms with Gasteiger partial charge in [-0.05, 0) is 32.5 Å². The summed E-state index contributed by atoms with van der Waals surface area (Å²) < 4.78 is 4.96. The number of esters is 1. The number of ether oxygens (including phenoxy) is 1. The molecule has 0 bridgehead atoms. The lowest BCUT2D eigenvalue weighted by atomic mass is 9.89. The third-order valence-corrected chi connectivity index (χ3v) is 3.54. The second-order valence-electron chi connectivity index (χ2n) is 4.92. The number of nitrogens with zero attached hydrogens (tertiary/aromatic N) is 1. The van der Waals surface area contributed by atoms with Crippen LogP contribution in [0.5, 0.6) is 0 Å². The van der Waals surface area contributed by atoms with E-state index in [0.717, 1.165) is 12.8 Å². The van der Waals surface area contributed by atoms with E-state index in [4.69, 9.17) is 4.74 Å². The summed E-state index contributed by atoms with van der Waals surface area (Å²) >= 11 is 0. The quantitative estimate of drug-likeness (QED) is 0.747. The molecule has 17 heavy (non-hydrogen) atoms. The maximum absolute atomic E-state index is 12.0. The summed E-state index contributed by atoms with van der Waals surface area (Å²) in [6.45, 7) is 0. The second kappa shape index (κ2) is 4.49. The molecule has 1 atom stereocenters. The molecular weight excluding hydrogens is 214 g/mol. The van der Waals surface area contributed by atoms with Crippen LogP contribution >= 0.6 is 0 Å². The highest BCUT2D eigenvalue weighted by Crippen LogP contribution is 2.57. The molecule has 0 spiro atoms. The third kappa shape index (κ3) is 2.07. The lowest BCUT2D eigenvalue weighted by Crippen LogP contribution is -2.34. The van der Waals surface area contributed by atoms with E-state index in [0.29, 0.717) is 0 Å². The van der Waals surface area contributed by atoms with E-state index < -0.39 is 0 Å². The van der Waals surface area contributed by atoms with Crippen LogP contribution in [0.2, 0.25) is 0 Å². The van der Waals surface area contributed by atoms with Gasteiger partial charge in [-0.2, -0.15) is 0 Å². The molecule has 1 saturated carbocycles. The first-order valence-corrected chi connectivity index (χ1v) is 5.91. The topological polar surface area (TPSA) is 29.5 Å². The van der Waals surface area contributed by atoms with E-state index in [1.165, 1.54) is 12.7 Å². The van der Waals surface area contributed by atoms with Crippen molar-refractivity contribution >= 4 is 5.97 Å². The van der Waals surface area contributed by atoms with Crippen molar-refractivity contribution in [3.05, 3.63) is 35.9 Å². The summed E-state index contributed by atoms with van der Waals surface area (Å²) in [5.41, 5.74) is 0.847. The zero-order chi connectivity index (χ0) is 12.5. The molecule has 0 heterocycles. The molecule has 1 aromatic rings. The lowest BCUT2D eigenvalue weighted by Gasteiger charge is -2.31. The van der Waals surface area contributed by atoms with Crippen LogP contribution in [0.15, 0.2) is 30.3 Å². The van der Waals surface area contributed by atoms with E-state index in [1.807, 2.05) is 32.3 Å². The normalized spacial score (nSPS) is 18.8. The highest BCUT2D eigenvalue weighted by atomic mass is 16.5. The van der Waals surface area contributed by atoms with Gasteiger partial charge in [0.15, 0.2) is 0 Å². The van der Waals surface area contributed by atoms with Gasteiger partial charge in [0.05, 0.1) is 18.6 Å². The lowest BCUT2D eigenvalue weighted by molar-refractivity contribution is -0.150. The Hall–Kier alpha value is -1.35. The SMILES string of the molecule is COC(=O)C1(C(c2ccccc2)N(C)C)CC1. The van der Waals surface area contributed by atoms with Gasteiger partial charge in [0.25, 0.3) is 0 Å². The monoisotopic (exact) mass is 233 g/mol. The Balaban J connectivity index is 2.34. The number of carbonyl (C=O) groups excluding carboxylic acids is 1. The smallest absolute Gasteiger partial charge is 0.313 e. The van der Waals surface area contributed by atoms with E-state index in [2.05, 4.69) is 17.0 Å². The molecule has 92 valence electrons. The molecule has 3 nitrogen and oxygen atoms in total. The highest BCUT2D eigenvalue weighted by Gasteiger charge is 2.58. The molecule has 3 heteroatoms. The predicted octanol–water partition coefficient (Wildman–Crippen LogP) is 2.24. The molecule has 0 radical (unpaired) electrons. The largest absolute Gasteiger partial charge is 0.469 e. The van der Waals surface area contributed by atoms with Crippen LogP contribution in [0.1, 0.15) is 24.4 Å². The molecule has 1 unspecified atom stereocenters. The first-order chi connectivity index (χ1) is 8.12. The second-order valence-corrected chi connectivity index (χ2v) is 4.92. The maximum Gasteiger partial charge on any atom is 0.313 e. The summed E-state index contributed by atoms with van der Waals surface area (Å²) in [7, 11) is 5.50. The molecule has 0 aromatic heterocycles. The predicted molar refractivity (Wildman–Crippen MR) is 66.6 cm³/mol. The molecule has 0 aliphatic heterocycles. The fourth-order valence-electron chi connectivity index (χ4n) is 2.67. The van der Waals surface area contributed by atoms with E-state index in [1.54, 1.807) is 0 Å². The molecular formula is C14H19NO2. The minimum atomic E-state index is -0.334. The van der Waals surface area contributed by atoms with E-state index in [9.17, 15) is 4.79 Å². The van der Waals surface area contributed by atoms with Crippen molar-refractivity contribution < 1.29 is 9.53 Å². The Kier molecular flexibility index (Phi) is 3.20. The van der Waals surface area contributed by atoms with Gasteiger partial charge >= 0.3 is 5.97 Å². The Labute approximate surface area is 102 Å². The third-order valence-electron chi connectivity index (χ3n) is 3.54. The number of hydrogen-bond donors (Lipinski definition) is 0. The van der Waals surface area contributed by atoms with Gasteiger partial charge in [-0.3, -0.25) is 4.79 Å². The van der Waals surface area contributed by atoms with Crippen LogP contribution in [0.4, 0.5) is 0 Å². The van der Waals surface area contributed by atoms with Gasteiger partial charge in [-0.15, -0.1) is 0 Å². The van der Waals surface area contributed by atoms with Crippen LogP contribution < -0.4 is 0 Å². The van der Waals surface area contributed by atoms with Crippen molar-refractivity contribution in [1.82, 2.24) is 4.90 Å². The van der Waals surface area contributed by atoms with Crippen molar-refractivity contribution in [2.75, 3.05) is 21.2 Å². The van der Waals surface area contributed by atoms with Gasteiger partial charge in [0, 0.05) is 0 Å². The zero-order valence-electron chi connectivity index (χ0n) is 10.6. The highest BCUT2D eigenvalue weighted by molar-refractivity contribution is 5.81. The van der Waals surface area contributed by atoms with Crippen LogP contribution in [0.3, 0.4) is 0 Å². The van der Waals surface area contributed by atoms with Crippen molar-refractivity contribution in [3.63, 3.8) is 0 Å². The van der Waals surface area contributed by atoms with Gasteiger partial charge in [-0.25, -0.2) is 0 Å². The summed E-state index contributed by atoms with van der Waals surface area (Å²) in [5, 5.41) is 0. The molecule has 0 amide bonds. The number of methoxy groups -OCH3 is 1. The molecule has 2 rings (SSSR count). The van der Waals surface area contributed by atoms with E-state index >= 15 is 0 Å². The standard InChI is InChI=1S/C14H19NO2/c1-15(2)12(11-7-5-4-6-8-11)14(9-10-14)13(16)17-3/h4-8,12H,9-10H2,1-3H3. The number of hydrogen-bond acceptors (Lipinski definition) is 3. The van der Waals surface area contributed by atoms with Gasteiger partial charge in [0.2, 0.25) is 0 Å². The molecule has 1 aliphatic rings. The molecule has 1 aromatic carbocycles. The van der Waals surface area contributed by atoms with Gasteiger partial charge < -0.3 is 9.64 Å².